The minimum Gasteiger partial charge on any atom is -0.383 e. The largest absolute Gasteiger partial charge is 0.383 e. The van der Waals surface area contributed by atoms with Crippen LogP contribution < -0.4 is 0 Å². The Morgan fingerprint density at radius 1 is 0.773 bits per heavy atom. The summed E-state index contributed by atoms with van der Waals surface area (Å²) < 4.78 is 33.4. The maximum Gasteiger partial charge on any atom is 0.197 e. The molecule has 2 fully saturated rings. The molecule has 4 aromatic rings. The third-order valence-electron chi connectivity index (χ3n) is 9.09. The highest BCUT2D eigenvalue weighted by Gasteiger charge is 2.47. The molecular formula is C30H32Cl2F2N6O2S2. The van der Waals surface area contributed by atoms with Crippen molar-refractivity contribution in [2.75, 3.05) is 0 Å². The maximum absolute atomic E-state index is 15.1. The van der Waals surface area contributed by atoms with Crippen molar-refractivity contribution >= 4 is 44.8 Å². The predicted molar refractivity (Wildman–Crippen MR) is 166 cm³/mol. The molecular weight excluding hydrogens is 649 g/mol. The van der Waals surface area contributed by atoms with Gasteiger partial charge in [-0.1, -0.05) is 49.2 Å². The van der Waals surface area contributed by atoms with Gasteiger partial charge in [-0.05, 0) is 95.2 Å². The fourth-order valence-electron chi connectivity index (χ4n) is 5.99. The average Bonchev–Trinajstić information content (AvgIpc) is 3.91. The number of hydrogen-bond donors (Lipinski definition) is 2. The molecule has 8 nitrogen and oxygen atoms in total. The third-order valence-corrected chi connectivity index (χ3v) is 11.7. The number of rotatable bonds is 13. The number of aliphatic hydroxyl groups is 2. The molecule has 4 atom stereocenters. The standard InChI is InChI=1S/C30H32Cl2F2N6O2S2/c1-17(19-3-4-19)29(41,23-9-7-21(31)11-25(23)33)13-39-27(35-15-37-39)43-44-28-36-16-38-40(28)14-30(42,18(2)20-5-6-20)24-10-8-22(32)12-26(24)34/h7-12,15-20,41-42H,3-6,13-14H2,1-2H3. The molecule has 14 heteroatoms. The maximum atomic E-state index is 15.1. The molecule has 0 amide bonds. The first-order chi connectivity index (χ1) is 21.0. The van der Waals surface area contributed by atoms with Crippen molar-refractivity contribution < 1.29 is 19.0 Å². The topological polar surface area (TPSA) is 102 Å². The lowest BCUT2D eigenvalue weighted by molar-refractivity contribution is -0.0492. The molecule has 2 aliphatic carbocycles. The van der Waals surface area contributed by atoms with E-state index in [1.54, 1.807) is 21.5 Å². The zero-order chi connectivity index (χ0) is 31.2. The lowest BCUT2D eigenvalue weighted by Crippen LogP contribution is -2.40. The van der Waals surface area contributed by atoms with Crippen LogP contribution in [0.25, 0.3) is 0 Å². The molecule has 0 saturated heterocycles. The summed E-state index contributed by atoms with van der Waals surface area (Å²) in [4.78, 5) is 8.76. The van der Waals surface area contributed by atoms with Gasteiger partial charge in [0.1, 0.15) is 35.5 Å². The monoisotopic (exact) mass is 680 g/mol. The summed E-state index contributed by atoms with van der Waals surface area (Å²) in [5, 5.41) is 34.2. The second-order valence-corrected chi connectivity index (χ2v) is 14.9. The van der Waals surface area contributed by atoms with Crippen molar-refractivity contribution in [1.82, 2.24) is 29.5 Å². The van der Waals surface area contributed by atoms with Crippen LogP contribution in [-0.2, 0) is 24.3 Å². The normalized spacial score (nSPS) is 19.4. The van der Waals surface area contributed by atoms with E-state index in [9.17, 15) is 10.2 Å². The van der Waals surface area contributed by atoms with Crippen molar-refractivity contribution in [2.45, 2.75) is 74.1 Å². The Labute approximate surface area is 272 Å². The lowest BCUT2D eigenvalue weighted by Gasteiger charge is -2.35. The molecule has 2 heterocycles. The van der Waals surface area contributed by atoms with E-state index in [-0.39, 0.29) is 57.9 Å². The molecule has 6 rings (SSSR count). The minimum absolute atomic E-state index is 0.0205. The summed E-state index contributed by atoms with van der Waals surface area (Å²) in [5.41, 5.74) is -2.78. The number of hydrogen-bond acceptors (Lipinski definition) is 8. The summed E-state index contributed by atoms with van der Waals surface area (Å²) in [7, 11) is 2.48. The van der Waals surface area contributed by atoms with Crippen LogP contribution in [0.15, 0.2) is 59.4 Å². The highest BCUT2D eigenvalue weighted by Crippen LogP contribution is 2.49. The Morgan fingerprint density at radius 2 is 1.16 bits per heavy atom. The molecule has 234 valence electrons. The second-order valence-electron chi connectivity index (χ2n) is 11.9. The molecule has 0 spiro atoms. The predicted octanol–water partition coefficient (Wildman–Crippen LogP) is 7.12. The van der Waals surface area contributed by atoms with Crippen LogP contribution in [-0.4, -0.2) is 39.7 Å². The molecule has 2 N–H and O–H groups in total. The van der Waals surface area contributed by atoms with Crippen LogP contribution >= 0.6 is 44.8 Å². The van der Waals surface area contributed by atoms with Crippen molar-refractivity contribution in [3.8, 4) is 0 Å². The van der Waals surface area contributed by atoms with E-state index in [0.717, 1.165) is 25.7 Å². The van der Waals surface area contributed by atoms with Gasteiger partial charge in [-0.2, -0.15) is 10.2 Å². The van der Waals surface area contributed by atoms with Crippen LogP contribution in [0.5, 0.6) is 0 Å². The Balaban J connectivity index is 1.23. The zero-order valence-electron chi connectivity index (χ0n) is 24.1. The zero-order valence-corrected chi connectivity index (χ0v) is 27.2. The molecule has 0 radical (unpaired) electrons. The number of aromatic nitrogens is 6. The van der Waals surface area contributed by atoms with Crippen LogP contribution in [0.2, 0.25) is 10.0 Å². The van der Waals surface area contributed by atoms with Gasteiger partial charge in [-0.15, -0.1) is 0 Å². The van der Waals surface area contributed by atoms with E-state index in [1.807, 2.05) is 13.8 Å². The molecule has 2 aromatic carbocycles. The quantitative estimate of drug-likeness (QED) is 0.144. The Hall–Kier alpha value is -2.22. The van der Waals surface area contributed by atoms with Crippen LogP contribution in [0.3, 0.4) is 0 Å². The molecule has 0 aliphatic heterocycles. The van der Waals surface area contributed by atoms with E-state index in [2.05, 4.69) is 20.2 Å². The molecule has 2 saturated carbocycles. The SMILES string of the molecule is CC(C1CC1)C(O)(Cn1ncnc1SSc1ncnn1CC(O)(c1ccc(Cl)cc1F)C(C)C1CC1)c1ccc(Cl)cc1F. The van der Waals surface area contributed by atoms with Gasteiger partial charge in [0.05, 0.1) is 13.1 Å². The van der Waals surface area contributed by atoms with Gasteiger partial charge in [-0.25, -0.2) is 28.1 Å². The third kappa shape index (κ3) is 6.39. The average molecular weight is 682 g/mol. The summed E-state index contributed by atoms with van der Waals surface area (Å²) in [6, 6.07) is 8.64. The van der Waals surface area contributed by atoms with Crippen molar-refractivity contribution in [2.24, 2.45) is 23.7 Å². The molecule has 4 unspecified atom stereocenters. The minimum atomic E-state index is -1.55. The summed E-state index contributed by atoms with van der Waals surface area (Å²) in [5.74, 6) is -1.09. The van der Waals surface area contributed by atoms with Crippen molar-refractivity contribution in [1.29, 1.82) is 0 Å². The van der Waals surface area contributed by atoms with E-state index in [0.29, 0.717) is 10.3 Å². The molecule has 2 aromatic heterocycles. The van der Waals surface area contributed by atoms with Gasteiger partial charge in [-0.3, -0.25) is 0 Å². The molecule has 44 heavy (non-hydrogen) atoms. The molecule has 2 aliphatic rings. The summed E-state index contributed by atoms with van der Waals surface area (Å²) >= 11 is 12.0. The first kappa shape index (κ1) is 31.7. The summed E-state index contributed by atoms with van der Waals surface area (Å²) in [6.07, 6.45) is 6.63. The van der Waals surface area contributed by atoms with E-state index in [1.165, 1.54) is 58.5 Å². The van der Waals surface area contributed by atoms with Crippen LogP contribution in [0.1, 0.15) is 50.7 Å². The van der Waals surface area contributed by atoms with Crippen molar-refractivity contribution in [3.63, 3.8) is 0 Å². The molecule has 0 bridgehead atoms. The van der Waals surface area contributed by atoms with Crippen molar-refractivity contribution in [3.05, 3.63) is 81.9 Å². The van der Waals surface area contributed by atoms with Gasteiger partial charge < -0.3 is 10.2 Å². The van der Waals surface area contributed by atoms with Crippen LogP contribution in [0.4, 0.5) is 8.78 Å². The Kier molecular flexibility index (Phi) is 9.04. The Bertz CT molecular complexity index is 1530. The number of nitrogens with zero attached hydrogens (tertiary/aromatic N) is 6. The second kappa shape index (κ2) is 12.5. The first-order valence-corrected chi connectivity index (χ1v) is 17.4. The van der Waals surface area contributed by atoms with Gasteiger partial charge in [0, 0.05) is 21.2 Å². The highest BCUT2D eigenvalue weighted by atomic mass is 35.5. The van der Waals surface area contributed by atoms with Crippen LogP contribution in [0, 0.1) is 35.3 Å². The summed E-state index contributed by atoms with van der Waals surface area (Å²) in [6.45, 7) is 3.82. The van der Waals surface area contributed by atoms with Gasteiger partial charge in [0.25, 0.3) is 0 Å². The smallest absolute Gasteiger partial charge is 0.197 e. The van der Waals surface area contributed by atoms with Gasteiger partial charge in [0.2, 0.25) is 0 Å². The van der Waals surface area contributed by atoms with Gasteiger partial charge >= 0.3 is 0 Å². The first-order valence-electron chi connectivity index (χ1n) is 14.5. The Morgan fingerprint density at radius 3 is 1.50 bits per heavy atom. The van der Waals surface area contributed by atoms with E-state index < -0.39 is 22.8 Å². The number of halogens is 4. The van der Waals surface area contributed by atoms with E-state index >= 15 is 8.78 Å². The van der Waals surface area contributed by atoms with Gasteiger partial charge in [0.15, 0.2) is 10.3 Å². The highest BCUT2D eigenvalue weighted by molar-refractivity contribution is 8.76. The number of benzene rings is 2. The fourth-order valence-corrected chi connectivity index (χ4v) is 8.25. The lowest BCUT2D eigenvalue weighted by atomic mass is 9.79. The fraction of sp³-hybridized carbons (Fsp3) is 0.467. The van der Waals surface area contributed by atoms with E-state index in [4.69, 9.17) is 23.2 Å².